The zero-order valence-corrected chi connectivity index (χ0v) is 12.0. The topological polar surface area (TPSA) is 68.1 Å². The lowest BCUT2D eigenvalue weighted by Crippen LogP contribution is -2.17. The molecular weight excluding hydrogens is 254 g/mol. The number of hydrogen-bond donors (Lipinski definition) is 1. The number of nitrogens with one attached hydrogen (secondary N) is 1. The van der Waals surface area contributed by atoms with Crippen LogP contribution in [-0.2, 0) is 0 Å². The molecule has 0 aliphatic carbocycles. The molecule has 0 fully saturated rings. The Labute approximate surface area is 118 Å². The lowest BCUT2D eigenvalue weighted by Gasteiger charge is -2.18. The van der Waals surface area contributed by atoms with Gasteiger partial charge in [0, 0.05) is 35.1 Å². The largest absolute Gasteiger partial charge is 0.382 e. The molecule has 0 amide bonds. The van der Waals surface area contributed by atoms with Gasteiger partial charge in [-0.25, -0.2) is 0 Å². The minimum Gasteiger partial charge on any atom is -0.382 e. The predicted octanol–water partition coefficient (Wildman–Crippen LogP) is 4.05. The Kier molecular flexibility index (Phi) is 4.17. The molecular formula is C15H19N3O2. The summed E-state index contributed by atoms with van der Waals surface area (Å²) >= 11 is 0. The van der Waals surface area contributed by atoms with Gasteiger partial charge in [-0.3, -0.25) is 15.1 Å². The van der Waals surface area contributed by atoms with E-state index in [9.17, 15) is 10.1 Å². The second kappa shape index (κ2) is 5.86. The second-order valence-electron chi connectivity index (χ2n) is 4.92. The minimum atomic E-state index is -0.361. The van der Waals surface area contributed by atoms with Gasteiger partial charge in [0.1, 0.15) is 0 Å². The Morgan fingerprint density at radius 3 is 2.60 bits per heavy atom. The van der Waals surface area contributed by atoms with Gasteiger partial charge in [-0.1, -0.05) is 13.8 Å². The van der Waals surface area contributed by atoms with Crippen LogP contribution in [0.4, 0.5) is 11.4 Å². The first kappa shape index (κ1) is 14.2. The highest BCUT2D eigenvalue weighted by Gasteiger charge is 2.16. The smallest absolute Gasteiger partial charge is 0.278 e. The van der Waals surface area contributed by atoms with Crippen molar-refractivity contribution < 1.29 is 4.92 Å². The Balaban J connectivity index is 2.58. The van der Waals surface area contributed by atoms with Crippen LogP contribution in [-0.4, -0.2) is 15.9 Å². The molecule has 2 aromatic rings. The van der Waals surface area contributed by atoms with Gasteiger partial charge in [0.25, 0.3) is 5.69 Å². The standard InChI is InChI=1S/C15H19N3O2/c1-4-11(5-2)17-14-6-7-15(18(19)20)13-9-16-10(3)8-12(13)14/h6-9,11,17H,4-5H2,1-3H3. The average molecular weight is 273 g/mol. The molecule has 0 radical (unpaired) electrons. The summed E-state index contributed by atoms with van der Waals surface area (Å²) in [5, 5.41) is 16.0. The van der Waals surface area contributed by atoms with Crippen molar-refractivity contribution in [1.82, 2.24) is 4.98 Å². The van der Waals surface area contributed by atoms with E-state index in [-0.39, 0.29) is 10.6 Å². The zero-order valence-electron chi connectivity index (χ0n) is 12.0. The van der Waals surface area contributed by atoms with Crippen molar-refractivity contribution >= 4 is 22.1 Å². The molecule has 5 heteroatoms. The van der Waals surface area contributed by atoms with Gasteiger partial charge in [0.15, 0.2) is 0 Å². The molecule has 1 aromatic heterocycles. The van der Waals surface area contributed by atoms with Crippen molar-refractivity contribution in [3.05, 3.63) is 40.2 Å². The summed E-state index contributed by atoms with van der Waals surface area (Å²) in [6.45, 7) is 6.14. The third kappa shape index (κ3) is 2.71. The third-order valence-electron chi connectivity index (χ3n) is 3.56. The van der Waals surface area contributed by atoms with Crippen molar-refractivity contribution in [2.24, 2.45) is 0 Å². The molecule has 0 bridgehead atoms. The Hall–Kier alpha value is -2.17. The van der Waals surface area contributed by atoms with Crippen molar-refractivity contribution in [1.29, 1.82) is 0 Å². The summed E-state index contributed by atoms with van der Waals surface area (Å²) in [5.74, 6) is 0. The fourth-order valence-corrected chi connectivity index (χ4v) is 2.33. The van der Waals surface area contributed by atoms with Gasteiger partial charge in [0.2, 0.25) is 0 Å². The van der Waals surface area contributed by atoms with Gasteiger partial charge in [-0.2, -0.15) is 0 Å². The first-order chi connectivity index (χ1) is 9.56. The molecule has 0 saturated carbocycles. The average Bonchev–Trinajstić information content (AvgIpc) is 2.44. The Morgan fingerprint density at radius 2 is 2.00 bits per heavy atom. The van der Waals surface area contributed by atoms with E-state index in [1.54, 1.807) is 18.3 Å². The molecule has 0 spiro atoms. The number of nitro groups is 1. The molecule has 106 valence electrons. The van der Waals surface area contributed by atoms with E-state index in [0.29, 0.717) is 11.4 Å². The normalized spacial score (nSPS) is 11.0. The third-order valence-corrected chi connectivity index (χ3v) is 3.56. The summed E-state index contributed by atoms with van der Waals surface area (Å²) in [5.41, 5.74) is 1.89. The molecule has 0 unspecified atom stereocenters. The number of nitrogens with zero attached hydrogens (tertiary/aromatic N) is 2. The first-order valence-corrected chi connectivity index (χ1v) is 6.87. The summed E-state index contributed by atoms with van der Waals surface area (Å²) in [6, 6.07) is 5.60. The van der Waals surface area contributed by atoms with E-state index in [2.05, 4.69) is 24.1 Å². The number of benzene rings is 1. The van der Waals surface area contributed by atoms with Crippen molar-refractivity contribution in [2.75, 3.05) is 5.32 Å². The number of aromatic nitrogens is 1. The van der Waals surface area contributed by atoms with E-state index in [0.717, 1.165) is 29.6 Å². The summed E-state index contributed by atoms with van der Waals surface area (Å²) in [7, 11) is 0. The van der Waals surface area contributed by atoms with Gasteiger partial charge in [0.05, 0.1) is 10.3 Å². The van der Waals surface area contributed by atoms with Gasteiger partial charge < -0.3 is 5.32 Å². The Morgan fingerprint density at radius 1 is 1.30 bits per heavy atom. The zero-order chi connectivity index (χ0) is 14.7. The van der Waals surface area contributed by atoms with Gasteiger partial charge >= 0.3 is 0 Å². The fraction of sp³-hybridized carbons (Fsp3) is 0.400. The van der Waals surface area contributed by atoms with Crippen molar-refractivity contribution in [3.63, 3.8) is 0 Å². The highest BCUT2D eigenvalue weighted by Crippen LogP contribution is 2.32. The first-order valence-electron chi connectivity index (χ1n) is 6.87. The number of pyridine rings is 1. The maximum Gasteiger partial charge on any atom is 0.278 e. The maximum absolute atomic E-state index is 11.1. The quantitative estimate of drug-likeness (QED) is 0.659. The monoisotopic (exact) mass is 273 g/mol. The van der Waals surface area contributed by atoms with E-state index in [4.69, 9.17) is 0 Å². The molecule has 0 saturated heterocycles. The Bertz CT molecular complexity index is 636. The van der Waals surface area contributed by atoms with Crippen molar-refractivity contribution in [3.8, 4) is 0 Å². The molecule has 1 aromatic carbocycles. The van der Waals surface area contributed by atoms with E-state index < -0.39 is 0 Å². The molecule has 1 N–H and O–H groups in total. The van der Waals surface area contributed by atoms with Crippen LogP contribution < -0.4 is 5.32 Å². The maximum atomic E-state index is 11.1. The summed E-state index contributed by atoms with van der Waals surface area (Å²) < 4.78 is 0. The SMILES string of the molecule is CCC(CC)Nc1ccc([N+](=O)[O-])c2cnc(C)cc12. The number of rotatable bonds is 5. The highest BCUT2D eigenvalue weighted by molar-refractivity contribution is 5.99. The van der Waals surface area contributed by atoms with E-state index >= 15 is 0 Å². The van der Waals surface area contributed by atoms with Crippen LogP contribution >= 0.6 is 0 Å². The molecule has 20 heavy (non-hydrogen) atoms. The van der Waals surface area contributed by atoms with Crippen LogP contribution in [0.15, 0.2) is 24.4 Å². The molecule has 5 nitrogen and oxygen atoms in total. The molecule has 0 aliphatic heterocycles. The summed E-state index contributed by atoms with van der Waals surface area (Å²) in [6.07, 6.45) is 3.61. The van der Waals surface area contributed by atoms with Crippen molar-refractivity contribution in [2.45, 2.75) is 39.7 Å². The predicted molar refractivity (Wildman–Crippen MR) is 81.1 cm³/mol. The van der Waals surface area contributed by atoms with Crippen LogP contribution in [0.5, 0.6) is 0 Å². The number of anilines is 1. The van der Waals surface area contributed by atoms with Gasteiger partial charge in [-0.15, -0.1) is 0 Å². The van der Waals surface area contributed by atoms with Crippen LogP contribution in [0.3, 0.4) is 0 Å². The van der Waals surface area contributed by atoms with Crippen LogP contribution in [0.2, 0.25) is 0 Å². The van der Waals surface area contributed by atoms with E-state index in [1.807, 2.05) is 13.0 Å². The van der Waals surface area contributed by atoms with E-state index in [1.165, 1.54) is 0 Å². The molecule has 2 rings (SSSR count). The minimum absolute atomic E-state index is 0.0996. The fourth-order valence-electron chi connectivity index (χ4n) is 2.33. The summed E-state index contributed by atoms with van der Waals surface area (Å²) in [4.78, 5) is 14.9. The molecule has 0 aliphatic rings. The number of nitro benzene ring substituents is 1. The number of fused-ring (bicyclic) bond motifs is 1. The van der Waals surface area contributed by atoms with Crippen LogP contribution in [0.1, 0.15) is 32.4 Å². The second-order valence-corrected chi connectivity index (χ2v) is 4.92. The highest BCUT2D eigenvalue weighted by atomic mass is 16.6. The molecule has 0 atom stereocenters. The lowest BCUT2D eigenvalue weighted by atomic mass is 10.1. The number of non-ortho nitro benzene ring substituents is 1. The van der Waals surface area contributed by atoms with Crippen LogP contribution in [0.25, 0.3) is 10.8 Å². The number of aryl methyl sites for hydroxylation is 1. The number of hydrogen-bond acceptors (Lipinski definition) is 4. The van der Waals surface area contributed by atoms with Crippen LogP contribution in [0, 0.1) is 17.0 Å². The van der Waals surface area contributed by atoms with Gasteiger partial charge in [-0.05, 0) is 31.9 Å². The molecule has 1 heterocycles. The lowest BCUT2D eigenvalue weighted by molar-refractivity contribution is -0.383.